The Morgan fingerprint density at radius 3 is 2.49 bits per heavy atom. The number of hydrogen-bond donors (Lipinski definition) is 6. The molecule has 0 radical (unpaired) electrons. The number of aryl methyl sites for hydroxylation is 1. The number of aromatic hydroxyl groups is 1. The number of nitrogens with zero attached hydrogens (tertiary/aromatic N) is 2. The van der Waals surface area contributed by atoms with Gasteiger partial charge in [-0.25, -0.2) is 9.59 Å². The number of aromatic nitrogens is 2. The Hall–Kier alpha value is -6.46. The molecule has 3 aliphatic heterocycles. The van der Waals surface area contributed by atoms with Crippen LogP contribution in [0, 0.1) is 18.8 Å². The third-order valence-electron chi connectivity index (χ3n) is 12.3. The largest absolute Gasteiger partial charge is 0.756 e. The maximum Gasteiger partial charge on any atom is 0.336 e. The number of amides is 4. The number of phosphoric acid groups is 1. The van der Waals surface area contributed by atoms with Gasteiger partial charge in [-0.2, -0.15) is 0 Å². The Labute approximate surface area is 394 Å². The highest BCUT2D eigenvalue weighted by Crippen LogP contribution is 2.43. The van der Waals surface area contributed by atoms with E-state index in [1.807, 2.05) is 0 Å². The van der Waals surface area contributed by atoms with Crippen molar-refractivity contribution in [2.45, 2.75) is 69.1 Å². The van der Waals surface area contributed by atoms with Gasteiger partial charge in [0, 0.05) is 77.0 Å². The number of carbonyl (C=O) groups is 5. The molecule has 1 aromatic heterocycles. The fourth-order valence-corrected chi connectivity index (χ4v) is 10.6. The van der Waals surface area contributed by atoms with Crippen LogP contribution in [-0.2, 0) is 32.7 Å². The van der Waals surface area contributed by atoms with Crippen molar-refractivity contribution in [1.82, 2.24) is 25.3 Å². The molecule has 0 spiro atoms. The summed E-state index contributed by atoms with van der Waals surface area (Å²) in [6.07, 6.45) is -0.402. The number of imide groups is 1. The quantitative estimate of drug-likeness (QED) is 0.0288. The molecule has 0 bridgehead atoms. The first-order valence-corrected chi connectivity index (χ1v) is 24.3. The first-order chi connectivity index (χ1) is 32.8. The molecule has 4 heterocycles. The number of phosphoric ester groups is 1. The van der Waals surface area contributed by atoms with E-state index < -0.39 is 79.0 Å². The molecule has 5 atom stereocenters. The van der Waals surface area contributed by atoms with Crippen LogP contribution in [0.3, 0.4) is 0 Å². The number of carboxylic acid groups (broad SMARTS) is 1. The fourth-order valence-electron chi connectivity index (χ4n) is 8.74. The van der Waals surface area contributed by atoms with E-state index in [4.69, 9.17) is 18.2 Å². The summed E-state index contributed by atoms with van der Waals surface area (Å²) >= 11 is 1.05. The summed E-state index contributed by atoms with van der Waals surface area (Å²) in [7, 11) is -4.90. The Bertz CT molecular complexity index is 3060. The zero-order valence-corrected chi connectivity index (χ0v) is 38.3. The molecule has 2 aromatic carbocycles. The number of likely N-dealkylation sites (tertiary alicyclic amines) is 1. The van der Waals surface area contributed by atoms with Crippen molar-refractivity contribution >= 4 is 60.2 Å². The lowest BCUT2D eigenvalue weighted by atomic mass is 9.81. The fraction of sp³-hybridized carbons (Fsp3) is 0.378. The first kappa shape index (κ1) is 49.0. The Balaban J connectivity index is 0.785. The van der Waals surface area contributed by atoms with E-state index in [0.717, 1.165) is 16.3 Å². The summed E-state index contributed by atoms with van der Waals surface area (Å²) in [5, 5.41) is 30.3. The summed E-state index contributed by atoms with van der Waals surface area (Å²) in [6, 6.07) is 12.1. The molecule has 69 heavy (non-hydrogen) atoms. The summed E-state index contributed by atoms with van der Waals surface area (Å²) in [5.74, 6) is -3.89. The molecule has 2 aliphatic carbocycles. The number of carbonyl (C=O) groups excluding carboxylic acids is 4. The standard InChI is InChI=1S/C45H46N5O17PS/c1-22-19-50(45(61)46-40(22)55)38-17-32(53)35(67-38)21-65-68(62,63)64-12-13-69-36-18-37(54)49(43(36)58)20-23-2-4-24(5-3-23)41(56)47-48-42(57)25-6-9-28(44(59)60)31(14-25)39-29-10-7-26(51)15-33(29)66-34-16-27(52)8-11-30(34)39/h6-11,14-16,19,23-24,32,35-36,38,51,53H,2-5,12-13,17-18,20-21H2,1H3,(H,47,56)(H,48,57)(H,59,60)(H,62,63)(H,46,55,61)/p-1/t23?,24?,32-,35-,36?,38-/m1/s1. The zero-order chi connectivity index (χ0) is 49.3. The number of hydrogen-bond acceptors (Lipinski definition) is 17. The van der Waals surface area contributed by atoms with E-state index in [1.165, 1.54) is 72.6 Å². The molecule has 6 N–H and O–H groups in total. The van der Waals surface area contributed by atoms with Gasteiger partial charge in [0.1, 0.15) is 29.4 Å². The molecule has 3 fully saturated rings. The summed E-state index contributed by atoms with van der Waals surface area (Å²) in [5.41, 5.74) is 4.22. The maximum atomic E-state index is 13.4. The second kappa shape index (κ2) is 20.2. The molecular weight excluding hydrogens is 946 g/mol. The van der Waals surface area contributed by atoms with E-state index >= 15 is 0 Å². The number of aromatic carboxylic acids is 1. The van der Waals surface area contributed by atoms with Gasteiger partial charge in [0.15, 0.2) is 5.43 Å². The van der Waals surface area contributed by atoms with E-state index in [0.29, 0.717) is 42.2 Å². The number of hydrazine groups is 1. The Kier molecular flexibility index (Phi) is 14.4. The number of benzene rings is 3. The Morgan fingerprint density at radius 2 is 1.74 bits per heavy atom. The number of aliphatic hydroxyl groups is 1. The van der Waals surface area contributed by atoms with E-state index in [9.17, 15) is 63.1 Å². The molecule has 2 saturated heterocycles. The monoisotopic (exact) mass is 990 g/mol. The lowest BCUT2D eigenvalue weighted by Gasteiger charge is -2.30. The number of aromatic amines is 1. The van der Waals surface area contributed by atoms with Crippen molar-refractivity contribution in [3.63, 3.8) is 0 Å². The van der Waals surface area contributed by atoms with Gasteiger partial charge < -0.3 is 38.4 Å². The number of nitrogens with one attached hydrogen (secondary N) is 3. The van der Waals surface area contributed by atoms with E-state index in [-0.39, 0.29) is 88.3 Å². The predicted octanol–water partition coefficient (Wildman–Crippen LogP) is 2.41. The minimum atomic E-state index is -4.90. The van der Waals surface area contributed by atoms with Crippen molar-refractivity contribution in [1.29, 1.82) is 0 Å². The van der Waals surface area contributed by atoms with Crippen LogP contribution in [0.15, 0.2) is 79.6 Å². The molecule has 3 aromatic rings. The van der Waals surface area contributed by atoms with Gasteiger partial charge in [-0.15, -0.1) is 11.8 Å². The number of phenolic OH excluding ortho intramolecular Hbond substituents is 1. The molecule has 24 heteroatoms. The number of fused-ring (bicyclic) bond motifs is 2. The lowest BCUT2D eigenvalue weighted by Crippen LogP contribution is -2.45. The highest BCUT2D eigenvalue weighted by atomic mass is 32.2. The van der Waals surface area contributed by atoms with Crippen molar-refractivity contribution in [2.24, 2.45) is 11.8 Å². The zero-order valence-electron chi connectivity index (χ0n) is 36.6. The van der Waals surface area contributed by atoms with Gasteiger partial charge in [-0.1, -0.05) is 0 Å². The summed E-state index contributed by atoms with van der Waals surface area (Å²) < 4.78 is 34.9. The van der Waals surface area contributed by atoms with Gasteiger partial charge in [-0.05, 0) is 86.6 Å². The van der Waals surface area contributed by atoms with Crippen LogP contribution >= 0.6 is 19.6 Å². The minimum absolute atomic E-state index is 0.00624. The van der Waals surface area contributed by atoms with E-state index in [2.05, 4.69) is 15.8 Å². The molecule has 1 saturated carbocycles. The number of ether oxygens (including phenoxy) is 1. The van der Waals surface area contributed by atoms with Gasteiger partial charge >= 0.3 is 11.7 Å². The second-order valence-electron chi connectivity index (χ2n) is 16.9. The first-order valence-electron chi connectivity index (χ1n) is 21.7. The van der Waals surface area contributed by atoms with Crippen LogP contribution in [0.25, 0.3) is 33.4 Å². The van der Waals surface area contributed by atoms with Crippen LogP contribution in [0.1, 0.15) is 71.0 Å². The number of phenols is 1. The van der Waals surface area contributed by atoms with Crippen LogP contribution < -0.4 is 32.4 Å². The molecule has 4 amide bonds. The lowest BCUT2D eigenvalue weighted by molar-refractivity contribution is -0.228. The average molecular weight is 991 g/mol. The van der Waals surface area contributed by atoms with Crippen molar-refractivity contribution < 1.29 is 67.0 Å². The number of rotatable bonds is 15. The molecule has 8 rings (SSSR count). The molecule has 364 valence electrons. The molecule has 22 nitrogen and oxygen atoms in total. The van der Waals surface area contributed by atoms with E-state index in [1.54, 1.807) is 0 Å². The van der Waals surface area contributed by atoms with Crippen molar-refractivity contribution in [3.05, 3.63) is 109 Å². The van der Waals surface area contributed by atoms with Gasteiger partial charge in [0.2, 0.25) is 17.7 Å². The number of carboxylic acids is 1. The smallest absolute Gasteiger partial charge is 0.336 e. The summed E-state index contributed by atoms with van der Waals surface area (Å²) in [4.78, 5) is 117. The number of H-pyrrole nitrogens is 1. The predicted molar refractivity (Wildman–Crippen MR) is 242 cm³/mol. The van der Waals surface area contributed by atoms with Crippen LogP contribution in [0.5, 0.6) is 5.75 Å². The number of aliphatic hydroxyl groups excluding tert-OH is 1. The number of thioether (sulfide) groups is 1. The SMILES string of the molecule is Cc1cn([C@H]2C[C@@H](O)[C@@H](COP(=O)([O-])OCCSC3CC(=O)N(CC4CCC(C(=O)NNC(=O)c5ccc(C(=O)O)c(-c6c7ccc(=O)cc-7oc7cc(O)ccc67)c5)CC4)C3=O)O2)c(=O)[nH]c1=O. The average Bonchev–Trinajstić information content (AvgIpc) is 3.81. The van der Waals surface area contributed by atoms with Crippen LogP contribution in [-0.4, -0.2) is 102 Å². The second-order valence-corrected chi connectivity index (χ2v) is 19.7. The third-order valence-corrected chi connectivity index (χ3v) is 14.5. The van der Waals surface area contributed by atoms with Crippen molar-refractivity contribution in [3.8, 4) is 28.2 Å². The topological polar surface area (TPSA) is 326 Å². The highest BCUT2D eigenvalue weighted by Gasteiger charge is 2.41. The summed E-state index contributed by atoms with van der Waals surface area (Å²) in [6.45, 7) is 0.625. The van der Waals surface area contributed by atoms with Crippen molar-refractivity contribution in [2.75, 3.05) is 25.5 Å². The normalized spacial score (nSPS) is 22.5. The van der Waals surface area contributed by atoms with Crippen LogP contribution in [0.2, 0.25) is 0 Å². The van der Waals surface area contributed by atoms with Gasteiger partial charge in [0.05, 0.1) is 30.1 Å². The highest BCUT2D eigenvalue weighted by molar-refractivity contribution is 8.00. The molecule has 5 aliphatic rings. The van der Waals surface area contributed by atoms with Gasteiger partial charge in [0.25, 0.3) is 19.3 Å². The molecule has 2 unspecified atom stereocenters. The third kappa shape index (κ3) is 10.9. The maximum absolute atomic E-state index is 13.4. The van der Waals surface area contributed by atoms with Crippen LogP contribution in [0.4, 0.5) is 0 Å². The molecular formula is C45H45N5O17PS-. The van der Waals surface area contributed by atoms with Gasteiger partial charge in [-0.3, -0.25) is 58.6 Å². The minimum Gasteiger partial charge on any atom is -0.756 e. The Morgan fingerprint density at radius 1 is 0.971 bits per heavy atom.